The van der Waals surface area contributed by atoms with Crippen molar-refractivity contribution in [2.24, 2.45) is 5.41 Å². The average molecular weight is 237 g/mol. The molecule has 1 aromatic heterocycles. The normalized spacial score (nSPS) is 11.2. The van der Waals surface area contributed by atoms with Gasteiger partial charge < -0.3 is 10.4 Å². The molecule has 0 unspecified atom stereocenters. The van der Waals surface area contributed by atoms with Gasteiger partial charge in [0, 0.05) is 12.7 Å². The Labute approximate surface area is 101 Å². The first-order valence-corrected chi connectivity index (χ1v) is 5.81. The number of nitrogens with one attached hydrogen (secondary N) is 1. The van der Waals surface area contributed by atoms with Crippen molar-refractivity contribution in [2.45, 2.75) is 33.6 Å². The number of carboxylic acids is 1. The molecule has 0 aliphatic rings. The first-order valence-electron chi connectivity index (χ1n) is 5.81. The van der Waals surface area contributed by atoms with Crippen LogP contribution in [0.25, 0.3) is 0 Å². The van der Waals surface area contributed by atoms with E-state index in [-0.39, 0.29) is 0 Å². The molecule has 0 bridgehead atoms. The molecule has 17 heavy (non-hydrogen) atoms. The second-order valence-corrected chi connectivity index (χ2v) is 4.14. The summed E-state index contributed by atoms with van der Waals surface area (Å²) in [6, 6.07) is 1.74. The molecule has 94 valence electrons. The summed E-state index contributed by atoms with van der Waals surface area (Å²) in [4.78, 5) is 19.5. The summed E-state index contributed by atoms with van der Waals surface area (Å²) in [7, 11) is 0. The molecule has 5 heteroatoms. The second-order valence-electron chi connectivity index (χ2n) is 4.14. The highest BCUT2D eigenvalue weighted by Crippen LogP contribution is 2.26. The molecular weight excluding hydrogens is 218 g/mol. The van der Waals surface area contributed by atoms with Crippen LogP contribution in [-0.2, 0) is 4.79 Å². The Balaban J connectivity index is 2.74. The van der Waals surface area contributed by atoms with Crippen LogP contribution in [0.1, 0.15) is 32.5 Å². The zero-order valence-electron chi connectivity index (χ0n) is 10.5. The molecule has 1 rings (SSSR count). The minimum absolute atomic E-state index is 0.381. The van der Waals surface area contributed by atoms with Crippen molar-refractivity contribution in [3.63, 3.8) is 0 Å². The predicted octanol–water partition coefficient (Wildman–Crippen LogP) is 2.09. The Bertz CT molecular complexity index is 389. The lowest BCUT2D eigenvalue weighted by atomic mass is 9.82. The van der Waals surface area contributed by atoms with E-state index in [2.05, 4.69) is 15.3 Å². The first-order chi connectivity index (χ1) is 8.04. The maximum atomic E-state index is 11.3. The monoisotopic (exact) mass is 237 g/mol. The van der Waals surface area contributed by atoms with Gasteiger partial charge in [-0.05, 0) is 25.8 Å². The summed E-state index contributed by atoms with van der Waals surface area (Å²) >= 11 is 0. The Morgan fingerprint density at radius 1 is 1.47 bits per heavy atom. The molecule has 0 amide bonds. The number of nitrogens with zero attached hydrogens (tertiary/aromatic N) is 2. The topological polar surface area (TPSA) is 75.1 Å². The summed E-state index contributed by atoms with van der Waals surface area (Å²) in [5, 5.41) is 12.4. The van der Waals surface area contributed by atoms with Gasteiger partial charge in [0.15, 0.2) is 0 Å². The molecule has 0 radical (unpaired) electrons. The molecule has 1 aromatic rings. The maximum absolute atomic E-state index is 11.3. The van der Waals surface area contributed by atoms with Gasteiger partial charge >= 0.3 is 5.97 Å². The van der Waals surface area contributed by atoms with Crippen molar-refractivity contribution in [2.75, 3.05) is 11.9 Å². The Kier molecular flexibility index (Phi) is 4.43. The number of aryl methyl sites for hydroxylation is 1. The SMILES string of the molecule is CCC(CC)(CNc1ccnc(C)n1)C(=O)O. The van der Waals surface area contributed by atoms with Crippen LogP contribution in [-0.4, -0.2) is 27.6 Å². The van der Waals surface area contributed by atoms with Crippen LogP contribution in [0.5, 0.6) is 0 Å². The summed E-state index contributed by atoms with van der Waals surface area (Å²) in [5.74, 6) is 0.578. The van der Waals surface area contributed by atoms with Gasteiger partial charge in [0.1, 0.15) is 11.6 Å². The molecule has 0 fully saturated rings. The fourth-order valence-electron chi connectivity index (χ4n) is 1.69. The van der Waals surface area contributed by atoms with Crippen LogP contribution < -0.4 is 5.32 Å². The van der Waals surface area contributed by atoms with Crippen molar-refractivity contribution in [1.82, 2.24) is 9.97 Å². The second kappa shape index (κ2) is 5.61. The lowest BCUT2D eigenvalue weighted by molar-refractivity contribution is -0.148. The zero-order chi connectivity index (χ0) is 12.9. The standard InChI is InChI=1S/C12H19N3O2/c1-4-12(5-2,11(16)17)8-14-10-6-7-13-9(3)15-10/h6-7H,4-5,8H2,1-3H3,(H,16,17)(H,13,14,15). The van der Waals surface area contributed by atoms with Gasteiger partial charge in [-0.2, -0.15) is 0 Å². The molecule has 0 spiro atoms. The van der Waals surface area contributed by atoms with Gasteiger partial charge in [0.2, 0.25) is 0 Å². The smallest absolute Gasteiger partial charge is 0.311 e. The van der Waals surface area contributed by atoms with E-state index in [4.69, 9.17) is 0 Å². The van der Waals surface area contributed by atoms with Crippen molar-refractivity contribution in [1.29, 1.82) is 0 Å². The summed E-state index contributed by atoms with van der Waals surface area (Å²) in [5.41, 5.74) is -0.723. The lowest BCUT2D eigenvalue weighted by Crippen LogP contribution is -2.37. The fraction of sp³-hybridized carbons (Fsp3) is 0.583. The van der Waals surface area contributed by atoms with Gasteiger partial charge in [0.05, 0.1) is 5.41 Å². The first kappa shape index (κ1) is 13.4. The summed E-state index contributed by atoms with van der Waals surface area (Å²) < 4.78 is 0. The van der Waals surface area contributed by atoms with Crippen LogP contribution in [0.15, 0.2) is 12.3 Å². The van der Waals surface area contributed by atoms with E-state index in [1.807, 2.05) is 13.8 Å². The molecule has 2 N–H and O–H groups in total. The highest BCUT2D eigenvalue weighted by atomic mass is 16.4. The minimum atomic E-state index is -0.763. The highest BCUT2D eigenvalue weighted by Gasteiger charge is 2.34. The molecular formula is C12H19N3O2. The van der Waals surface area contributed by atoms with Crippen molar-refractivity contribution in [3.05, 3.63) is 18.1 Å². The van der Waals surface area contributed by atoms with Crippen LogP contribution in [0.3, 0.4) is 0 Å². The third-order valence-corrected chi connectivity index (χ3v) is 3.19. The zero-order valence-corrected chi connectivity index (χ0v) is 10.5. The van der Waals surface area contributed by atoms with E-state index in [0.717, 1.165) is 0 Å². The van der Waals surface area contributed by atoms with Crippen LogP contribution in [0.4, 0.5) is 5.82 Å². The van der Waals surface area contributed by atoms with Crippen LogP contribution in [0.2, 0.25) is 0 Å². The lowest BCUT2D eigenvalue weighted by Gasteiger charge is -2.27. The van der Waals surface area contributed by atoms with Gasteiger partial charge in [-0.3, -0.25) is 4.79 Å². The number of hydrogen-bond acceptors (Lipinski definition) is 4. The van der Waals surface area contributed by atoms with Crippen molar-refractivity contribution in [3.8, 4) is 0 Å². The van der Waals surface area contributed by atoms with Crippen molar-refractivity contribution < 1.29 is 9.90 Å². The predicted molar refractivity (Wildman–Crippen MR) is 65.9 cm³/mol. The van der Waals surface area contributed by atoms with Crippen molar-refractivity contribution >= 4 is 11.8 Å². The van der Waals surface area contributed by atoms with E-state index in [9.17, 15) is 9.90 Å². The number of carbonyl (C=O) groups is 1. The number of anilines is 1. The fourth-order valence-corrected chi connectivity index (χ4v) is 1.69. The minimum Gasteiger partial charge on any atom is -0.481 e. The van der Waals surface area contributed by atoms with E-state index in [1.165, 1.54) is 0 Å². The molecule has 0 atom stereocenters. The van der Waals surface area contributed by atoms with E-state index < -0.39 is 11.4 Å². The number of hydrogen-bond donors (Lipinski definition) is 2. The quantitative estimate of drug-likeness (QED) is 0.792. The van der Waals surface area contributed by atoms with Gasteiger partial charge in [-0.1, -0.05) is 13.8 Å². The van der Waals surface area contributed by atoms with E-state index >= 15 is 0 Å². The molecule has 0 aliphatic heterocycles. The average Bonchev–Trinajstić information content (AvgIpc) is 2.31. The molecule has 0 saturated heterocycles. The van der Waals surface area contributed by atoms with Crippen LogP contribution >= 0.6 is 0 Å². The number of rotatable bonds is 6. The van der Waals surface area contributed by atoms with E-state index in [1.54, 1.807) is 19.2 Å². The Hall–Kier alpha value is -1.65. The summed E-state index contributed by atoms with van der Waals surface area (Å²) in [6.07, 6.45) is 2.84. The molecule has 1 heterocycles. The van der Waals surface area contributed by atoms with Crippen LogP contribution in [0, 0.1) is 12.3 Å². The Morgan fingerprint density at radius 2 is 2.12 bits per heavy atom. The number of carboxylic acid groups (broad SMARTS) is 1. The largest absolute Gasteiger partial charge is 0.481 e. The van der Waals surface area contributed by atoms with Gasteiger partial charge in [-0.25, -0.2) is 9.97 Å². The van der Waals surface area contributed by atoms with E-state index in [0.29, 0.717) is 31.0 Å². The number of aromatic nitrogens is 2. The highest BCUT2D eigenvalue weighted by molar-refractivity contribution is 5.75. The third kappa shape index (κ3) is 3.15. The number of aliphatic carboxylic acids is 1. The maximum Gasteiger partial charge on any atom is 0.311 e. The molecule has 0 aromatic carbocycles. The summed E-state index contributed by atoms with van der Waals surface area (Å²) in [6.45, 7) is 5.97. The Morgan fingerprint density at radius 3 is 2.59 bits per heavy atom. The third-order valence-electron chi connectivity index (χ3n) is 3.19. The van der Waals surface area contributed by atoms with Gasteiger partial charge in [-0.15, -0.1) is 0 Å². The molecule has 0 aliphatic carbocycles. The molecule has 5 nitrogen and oxygen atoms in total. The van der Waals surface area contributed by atoms with Gasteiger partial charge in [0.25, 0.3) is 0 Å². The molecule has 0 saturated carbocycles.